The van der Waals surface area contributed by atoms with Crippen LogP contribution in [0.1, 0.15) is 12.5 Å². The van der Waals surface area contributed by atoms with E-state index in [1.54, 1.807) is 30.3 Å². The quantitative estimate of drug-likeness (QED) is 0.698. The summed E-state index contributed by atoms with van der Waals surface area (Å²) in [6, 6.07) is 18.3. The SMILES string of the molecule is CCOc1ccccc1/C=c1\s/c(=C(/C#N)C(=O)NC)n(-c2ccccc2)c1=O. The fourth-order valence-corrected chi connectivity index (χ4v) is 3.90. The van der Waals surface area contributed by atoms with E-state index in [1.165, 1.54) is 11.6 Å². The summed E-state index contributed by atoms with van der Waals surface area (Å²) in [5.74, 6) is 0.117. The molecular weight excluding hydrogens is 386 g/mol. The molecular formula is C22H19N3O3S. The number of hydrogen-bond donors (Lipinski definition) is 1. The van der Waals surface area contributed by atoms with E-state index in [0.717, 1.165) is 16.9 Å². The molecule has 0 unspecified atom stereocenters. The molecule has 0 spiro atoms. The number of para-hydroxylation sites is 2. The third kappa shape index (κ3) is 4.13. The summed E-state index contributed by atoms with van der Waals surface area (Å²) in [4.78, 5) is 25.5. The molecule has 1 heterocycles. The molecule has 0 aliphatic rings. The van der Waals surface area contributed by atoms with Crippen LogP contribution in [0, 0.1) is 11.3 Å². The van der Waals surface area contributed by atoms with E-state index < -0.39 is 5.91 Å². The lowest BCUT2D eigenvalue weighted by molar-refractivity contribution is -0.115. The van der Waals surface area contributed by atoms with Crippen molar-refractivity contribution >= 4 is 28.9 Å². The Morgan fingerprint density at radius 1 is 1.21 bits per heavy atom. The van der Waals surface area contributed by atoms with Gasteiger partial charge in [-0.3, -0.25) is 14.2 Å². The zero-order valence-corrected chi connectivity index (χ0v) is 16.8. The molecule has 0 atom stereocenters. The van der Waals surface area contributed by atoms with Gasteiger partial charge in [0.1, 0.15) is 16.5 Å². The minimum Gasteiger partial charge on any atom is -0.493 e. The van der Waals surface area contributed by atoms with E-state index >= 15 is 0 Å². The lowest BCUT2D eigenvalue weighted by atomic mass is 10.2. The van der Waals surface area contributed by atoms with Crippen molar-refractivity contribution in [1.82, 2.24) is 9.88 Å². The van der Waals surface area contributed by atoms with E-state index in [1.807, 2.05) is 43.3 Å². The number of benzene rings is 2. The lowest BCUT2D eigenvalue weighted by Gasteiger charge is -2.05. The third-order valence-electron chi connectivity index (χ3n) is 4.12. The minimum atomic E-state index is -0.542. The molecule has 6 nitrogen and oxygen atoms in total. The molecule has 0 aliphatic heterocycles. The summed E-state index contributed by atoms with van der Waals surface area (Å²) in [7, 11) is 1.45. The average molecular weight is 405 g/mol. The molecule has 7 heteroatoms. The van der Waals surface area contributed by atoms with Crippen LogP contribution in [0.2, 0.25) is 0 Å². The van der Waals surface area contributed by atoms with Crippen molar-refractivity contribution in [3.8, 4) is 17.5 Å². The average Bonchev–Trinajstić information content (AvgIpc) is 3.06. The number of aromatic nitrogens is 1. The molecule has 0 saturated carbocycles. The Morgan fingerprint density at radius 2 is 1.90 bits per heavy atom. The highest BCUT2D eigenvalue weighted by Gasteiger charge is 2.16. The molecule has 2 aromatic carbocycles. The number of hydrogen-bond acceptors (Lipinski definition) is 5. The third-order valence-corrected chi connectivity index (χ3v) is 5.22. The maximum absolute atomic E-state index is 13.2. The topological polar surface area (TPSA) is 84.1 Å². The summed E-state index contributed by atoms with van der Waals surface area (Å²) in [5, 5.41) is 12.0. The fraction of sp³-hybridized carbons (Fsp3) is 0.136. The molecule has 3 aromatic rings. The number of carbonyl (C=O) groups is 1. The molecule has 1 N–H and O–H groups in total. The standard InChI is InChI=1S/C22H19N3O3S/c1-3-28-18-12-8-7-9-15(18)13-19-21(27)25(16-10-5-4-6-11-16)22(29-19)17(14-23)20(26)24-2/h4-13H,3H2,1-2H3,(H,24,26)/b19-13-,22-17-. The predicted octanol–water partition coefficient (Wildman–Crippen LogP) is 1.55. The summed E-state index contributed by atoms with van der Waals surface area (Å²) >= 11 is 1.10. The van der Waals surface area contributed by atoms with Crippen LogP contribution in [0.15, 0.2) is 59.4 Å². The Balaban J connectivity index is 2.39. The van der Waals surface area contributed by atoms with Crippen LogP contribution in [-0.4, -0.2) is 24.1 Å². The highest BCUT2D eigenvalue weighted by Crippen LogP contribution is 2.18. The Morgan fingerprint density at radius 3 is 2.55 bits per heavy atom. The van der Waals surface area contributed by atoms with Crippen LogP contribution in [0.3, 0.4) is 0 Å². The number of amides is 1. The van der Waals surface area contributed by atoms with Gasteiger partial charge in [-0.2, -0.15) is 5.26 Å². The second kappa shape index (κ2) is 9.04. The second-order valence-corrected chi connectivity index (χ2v) is 6.96. The second-order valence-electron chi connectivity index (χ2n) is 5.93. The van der Waals surface area contributed by atoms with Gasteiger partial charge in [-0.15, -0.1) is 11.3 Å². The van der Waals surface area contributed by atoms with Crippen LogP contribution in [-0.2, 0) is 4.79 Å². The highest BCUT2D eigenvalue weighted by atomic mass is 32.1. The Labute approximate surface area is 171 Å². The molecule has 29 heavy (non-hydrogen) atoms. The van der Waals surface area contributed by atoms with E-state index in [0.29, 0.717) is 22.6 Å². The van der Waals surface area contributed by atoms with Crippen molar-refractivity contribution in [3.63, 3.8) is 0 Å². The summed E-state index contributed by atoms with van der Waals surface area (Å²) in [6.07, 6.45) is 1.72. The van der Waals surface area contributed by atoms with Crippen LogP contribution < -0.4 is 24.8 Å². The van der Waals surface area contributed by atoms with Crippen LogP contribution in [0.25, 0.3) is 17.3 Å². The van der Waals surface area contributed by atoms with Crippen molar-refractivity contribution < 1.29 is 9.53 Å². The van der Waals surface area contributed by atoms with Gasteiger partial charge in [0.15, 0.2) is 5.57 Å². The van der Waals surface area contributed by atoms with Gasteiger partial charge in [-0.25, -0.2) is 0 Å². The van der Waals surface area contributed by atoms with Gasteiger partial charge >= 0.3 is 0 Å². The van der Waals surface area contributed by atoms with Gasteiger partial charge in [-0.05, 0) is 31.2 Å². The minimum absolute atomic E-state index is 0.115. The fourth-order valence-electron chi connectivity index (χ4n) is 2.81. The van der Waals surface area contributed by atoms with Crippen LogP contribution >= 0.6 is 11.3 Å². The lowest BCUT2D eigenvalue weighted by Crippen LogP contribution is -2.33. The zero-order valence-electron chi connectivity index (χ0n) is 16.0. The Hall–Kier alpha value is -3.63. The summed E-state index contributed by atoms with van der Waals surface area (Å²) in [6.45, 7) is 2.39. The molecule has 1 amide bonds. The van der Waals surface area contributed by atoms with Crippen LogP contribution in [0.5, 0.6) is 5.75 Å². The number of thiazole rings is 1. The molecule has 0 saturated heterocycles. The van der Waals surface area contributed by atoms with Gasteiger partial charge in [0, 0.05) is 12.6 Å². The molecule has 0 fully saturated rings. The van der Waals surface area contributed by atoms with Gasteiger partial charge in [0.05, 0.1) is 16.8 Å². The highest BCUT2D eigenvalue weighted by molar-refractivity contribution is 7.07. The summed E-state index contributed by atoms with van der Waals surface area (Å²) < 4.78 is 7.71. The maximum Gasteiger partial charge on any atom is 0.273 e. The first-order chi connectivity index (χ1) is 14.1. The first kappa shape index (κ1) is 20.1. The number of nitrogens with zero attached hydrogens (tertiary/aromatic N) is 2. The van der Waals surface area contributed by atoms with Crippen molar-refractivity contribution in [1.29, 1.82) is 5.26 Å². The first-order valence-corrected chi connectivity index (χ1v) is 9.79. The van der Waals surface area contributed by atoms with Gasteiger partial charge < -0.3 is 10.1 Å². The smallest absolute Gasteiger partial charge is 0.273 e. The number of ether oxygens (including phenoxy) is 1. The number of nitrogens with one attached hydrogen (secondary N) is 1. The summed E-state index contributed by atoms with van der Waals surface area (Å²) in [5.41, 5.74) is 0.909. The van der Waals surface area contributed by atoms with E-state index in [2.05, 4.69) is 5.32 Å². The van der Waals surface area contributed by atoms with Crippen LogP contribution in [0.4, 0.5) is 0 Å². The number of rotatable bonds is 5. The van der Waals surface area contributed by atoms with Crippen molar-refractivity contribution in [3.05, 3.63) is 79.7 Å². The zero-order chi connectivity index (χ0) is 20.8. The number of nitriles is 1. The first-order valence-electron chi connectivity index (χ1n) is 8.98. The molecule has 1 aromatic heterocycles. The largest absolute Gasteiger partial charge is 0.493 e. The number of carbonyl (C=O) groups excluding carboxylic acids is 1. The molecule has 0 radical (unpaired) electrons. The molecule has 3 rings (SSSR count). The molecule has 0 bridgehead atoms. The van der Waals surface area contributed by atoms with E-state index in [9.17, 15) is 14.9 Å². The monoisotopic (exact) mass is 405 g/mol. The van der Waals surface area contributed by atoms with Gasteiger partial charge in [0.2, 0.25) is 0 Å². The Kier molecular flexibility index (Phi) is 6.27. The Bertz CT molecular complexity index is 1250. The normalized spacial score (nSPS) is 12.2. The van der Waals surface area contributed by atoms with Gasteiger partial charge in [-0.1, -0.05) is 36.4 Å². The van der Waals surface area contributed by atoms with E-state index in [-0.39, 0.29) is 15.8 Å². The maximum atomic E-state index is 13.2. The predicted molar refractivity (Wildman–Crippen MR) is 113 cm³/mol. The molecule has 0 aliphatic carbocycles. The van der Waals surface area contributed by atoms with Gasteiger partial charge in [0.25, 0.3) is 11.5 Å². The molecule has 146 valence electrons. The van der Waals surface area contributed by atoms with Crippen molar-refractivity contribution in [2.75, 3.05) is 13.7 Å². The van der Waals surface area contributed by atoms with Crippen molar-refractivity contribution in [2.45, 2.75) is 6.92 Å². The van der Waals surface area contributed by atoms with Crippen molar-refractivity contribution in [2.24, 2.45) is 0 Å². The van der Waals surface area contributed by atoms with E-state index in [4.69, 9.17) is 4.74 Å².